The van der Waals surface area contributed by atoms with Crippen LogP contribution in [0.5, 0.6) is 0 Å². The summed E-state index contributed by atoms with van der Waals surface area (Å²) in [5, 5.41) is 19.6. The van der Waals surface area contributed by atoms with E-state index in [9.17, 15) is 9.59 Å². The van der Waals surface area contributed by atoms with Crippen molar-refractivity contribution in [2.24, 2.45) is 0 Å². The van der Waals surface area contributed by atoms with Crippen LogP contribution in [-0.2, 0) is 9.59 Å². The standard InChI is InChI=1S/C10H12N4O2S/c1-2-14-7-17(6-9(14)15)8(5-12)10(16)13-4-3-11/h2,4,6-7H2,1H3,(H,13,16). The summed E-state index contributed by atoms with van der Waals surface area (Å²) < 4.78 is 0. The van der Waals surface area contributed by atoms with Crippen LogP contribution in [0, 0.1) is 22.7 Å². The lowest BCUT2D eigenvalue weighted by Gasteiger charge is -2.10. The molecular formula is C10H12N4O2S. The molecule has 1 aliphatic heterocycles. The van der Waals surface area contributed by atoms with E-state index in [0.29, 0.717) is 12.4 Å². The molecule has 1 atom stereocenters. The minimum absolute atomic E-state index is 0.0309. The number of carbonyl (C=O) groups excluding carboxylic acids is 2. The Labute approximate surface area is 102 Å². The summed E-state index contributed by atoms with van der Waals surface area (Å²) in [7, 11) is -0.648. The van der Waals surface area contributed by atoms with Gasteiger partial charge in [-0.15, -0.1) is 10.5 Å². The highest BCUT2D eigenvalue weighted by Gasteiger charge is 2.27. The summed E-state index contributed by atoms with van der Waals surface area (Å²) in [4.78, 5) is 24.8. The topological polar surface area (TPSA) is 97.0 Å². The maximum Gasteiger partial charge on any atom is 0.268 e. The quantitative estimate of drug-likeness (QED) is 0.536. The first-order valence-electron chi connectivity index (χ1n) is 5.01. The minimum Gasteiger partial charge on any atom is -0.338 e. The predicted octanol–water partition coefficient (Wildman–Crippen LogP) is -0.589. The van der Waals surface area contributed by atoms with Crippen molar-refractivity contribution in [1.29, 1.82) is 10.5 Å². The van der Waals surface area contributed by atoms with E-state index in [1.807, 2.05) is 13.0 Å². The van der Waals surface area contributed by atoms with E-state index in [1.165, 1.54) is 0 Å². The van der Waals surface area contributed by atoms with Crippen LogP contribution in [0.2, 0.25) is 0 Å². The lowest BCUT2D eigenvalue weighted by Crippen LogP contribution is -2.30. The van der Waals surface area contributed by atoms with Crippen molar-refractivity contribution >= 4 is 27.2 Å². The van der Waals surface area contributed by atoms with Gasteiger partial charge in [-0.1, -0.05) is 0 Å². The lowest BCUT2D eigenvalue weighted by molar-refractivity contribution is -0.126. The van der Waals surface area contributed by atoms with Crippen molar-refractivity contribution < 1.29 is 9.59 Å². The Bertz CT molecular complexity index is 458. The molecule has 90 valence electrons. The van der Waals surface area contributed by atoms with Gasteiger partial charge >= 0.3 is 0 Å². The van der Waals surface area contributed by atoms with Crippen LogP contribution < -0.4 is 5.32 Å². The Balaban J connectivity index is 2.88. The highest BCUT2D eigenvalue weighted by molar-refractivity contribution is 8.18. The molecule has 1 aliphatic rings. The maximum atomic E-state index is 11.6. The van der Waals surface area contributed by atoms with Crippen LogP contribution in [-0.4, -0.2) is 46.3 Å². The molecule has 0 aromatic carbocycles. The minimum atomic E-state index is -0.648. The zero-order chi connectivity index (χ0) is 12.8. The molecular weight excluding hydrogens is 240 g/mol. The molecule has 1 unspecified atom stereocenters. The lowest BCUT2D eigenvalue weighted by atomic mass is 10.4. The molecule has 0 radical (unpaired) electrons. The zero-order valence-corrected chi connectivity index (χ0v) is 10.2. The Hall–Kier alpha value is -1.86. The van der Waals surface area contributed by atoms with E-state index in [1.54, 1.807) is 11.0 Å². The molecule has 0 saturated carbocycles. The number of rotatable bonds is 3. The average molecular weight is 252 g/mol. The normalized spacial score (nSPS) is 19.5. The third-order valence-corrected chi connectivity index (χ3v) is 4.34. The average Bonchev–Trinajstić information content (AvgIpc) is 2.68. The highest BCUT2D eigenvalue weighted by atomic mass is 32.2. The number of hydrogen-bond acceptors (Lipinski definition) is 4. The van der Waals surface area contributed by atoms with Gasteiger partial charge in [-0.05, 0) is 6.92 Å². The molecule has 1 fully saturated rings. The smallest absolute Gasteiger partial charge is 0.268 e. The van der Waals surface area contributed by atoms with Crippen molar-refractivity contribution in [2.75, 3.05) is 24.7 Å². The Morgan fingerprint density at radius 2 is 2.29 bits per heavy atom. The van der Waals surface area contributed by atoms with Gasteiger partial charge in [-0.2, -0.15) is 10.5 Å². The molecule has 1 rings (SSSR count). The van der Waals surface area contributed by atoms with Crippen molar-refractivity contribution in [2.45, 2.75) is 6.92 Å². The van der Waals surface area contributed by atoms with Gasteiger partial charge in [0.2, 0.25) is 5.91 Å². The Morgan fingerprint density at radius 3 is 2.76 bits per heavy atom. The monoisotopic (exact) mass is 252 g/mol. The second kappa shape index (κ2) is 6.02. The number of nitrogens with zero attached hydrogens (tertiary/aromatic N) is 3. The van der Waals surface area contributed by atoms with Gasteiger partial charge in [0.05, 0.1) is 17.7 Å². The summed E-state index contributed by atoms with van der Waals surface area (Å²) in [5.41, 5.74) is 0. The summed E-state index contributed by atoms with van der Waals surface area (Å²) >= 11 is 0. The summed E-state index contributed by atoms with van der Waals surface area (Å²) in [6.07, 6.45) is 0. The van der Waals surface area contributed by atoms with Crippen molar-refractivity contribution in [3.63, 3.8) is 0 Å². The van der Waals surface area contributed by atoms with Gasteiger partial charge in [0.25, 0.3) is 5.91 Å². The predicted molar refractivity (Wildman–Crippen MR) is 64.0 cm³/mol. The molecule has 1 N–H and O–H groups in total. The van der Waals surface area contributed by atoms with E-state index in [-0.39, 0.29) is 23.1 Å². The molecule has 1 heterocycles. The van der Waals surface area contributed by atoms with Crippen LogP contribution in [0.1, 0.15) is 6.92 Å². The fourth-order valence-corrected chi connectivity index (χ4v) is 3.41. The second-order valence-electron chi connectivity index (χ2n) is 3.30. The van der Waals surface area contributed by atoms with Gasteiger partial charge < -0.3 is 10.2 Å². The third kappa shape index (κ3) is 3.05. The van der Waals surface area contributed by atoms with E-state index in [4.69, 9.17) is 10.5 Å². The van der Waals surface area contributed by atoms with Crippen molar-refractivity contribution in [3.8, 4) is 12.1 Å². The second-order valence-corrected chi connectivity index (χ2v) is 5.24. The molecule has 7 heteroatoms. The molecule has 0 bridgehead atoms. The molecule has 0 aromatic rings. The maximum absolute atomic E-state index is 11.6. The van der Waals surface area contributed by atoms with Gasteiger partial charge in [-0.25, -0.2) is 0 Å². The molecule has 0 spiro atoms. The largest absolute Gasteiger partial charge is 0.338 e. The first-order valence-corrected chi connectivity index (χ1v) is 6.57. The number of nitriles is 2. The van der Waals surface area contributed by atoms with Gasteiger partial charge in [-0.3, -0.25) is 9.59 Å². The van der Waals surface area contributed by atoms with Crippen molar-refractivity contribution in [1.82, 2.24) is 10.2 Å². The Kier molecular flexibility index (Phi) is 4.68. The van der Waals surface area contributed by atoms with Crippen LogP contribution in [0.4, 0.5) is 0 Å². The van der Waals surface area contributed by atoms with E-state index in [2.05, 4.69) is 5.32 Å². The highest BCUT2D eigenvalue weighted by Crippen LogP contribution is 2.24. The molecule has 17 heavy (non-hydrogen) atoms. The van der Waals surface area contributed by atoms with Crippen LogP contribution in [0.3, 0.4) is 0 Å². The summed E-state index contributed by atoms with van der Waals surface area (Å²) in [6.45, 7) is 2.31. The third-order valence-electron chi connectivity index (χ3n) is 2.27. The first-order chi connectivity index (χ1) is 8.13. The molecule has 0 aliphatic carbocycles. The number of nitrogens with one attached hydrogen (secondary N) is 1. The number of carbonyl (C=O) groups is 2. The zero-order valence-electron chi connectivity index (χ0n) is 9.39. The van der Waals surface area contributed by atoms with Crippen LogP contribution in [0.15, 0.2) is 0 Å². The Morgan fingerprint density at radius 1 is 1.59 bits per heavy atom. The molecule has 1 saturated heterocycles. The van der Waals surface area contributed by atoms with Crippen LogP contribution >= 0.6 is 10.5 Å². The fraction of sp³-hybridized carbons (Fsp3) is 0.500. The fourth-order valence-electron chi connectivity index (χ4n) is 1.40. The number of hydrogen-bond donors (Lipinski definition) is 1. The first kappa shape index (κ1) is 13.2. The summed E-state index contributed by atoms with van der Waals surface area (Å²) in [5.74, 6) is 0.0781. The van der Waals surface area contributed by atoms with E-state index < -0.39 is 16.4 Å². The number of amides is 2. The summed E-state index contributed by atoms with van der Waals surface area (Å²) in [6, 6.07) is 3.61. The van der Waals surface area contributed by atoms with E-state index in [0.717, 1.165) is 0 Å². The van der Waals surface area contributed by atoms with Gasteiger partial charge in [0.15, 0.2) is 0 Å². The molecule has 6 nitrogen and oxygen atoms in total. The van der Waals surface area contributed by atoms with Crippen molar-refractivity contribution in [3.05, 3.63) is 0 Å². The van der Waals surface area contributed by atoms with Gasteiger partial charge in [0.1, 0.15) is 17.5 Å². The van der Waals surface area contributed by atoms with Crippen LogP contribution in [0.25, 0.3) is 0 Å². The van der Waals surface area contributed by atoms with Gasteiger partial charge in [0, 0.05) is 6.54 Å². The SMILES string of the molecule is CCN1C/S(=C(/C#N)C(=O)NCC#N)CC1=O. The molecule has 2 amide bonds. The molecule has 0 aromatic heterocycles. The van der Waals surface area contributed by atoms with E-state index >= 15 is 0 Å².